The van der Waals surface area contributed by atoms with E-state index >= 15 is 0 Å². The van der Waals surface area contributed by atoms with Gasteiger partial charge >= 0.3 is 0 Å². The lowest BCUT2D eigenvalue weighted by Gasteiger charge is -2.42. The van der Waals surface area contributed by atoms with Crippen molar-refractivity contribution in [3.05, 3.63) is 75.6 Å². The van der Waals surface area contributed by atoms with E-state index < -0.39 is 7.21 Å². The fourth-order valence-corrected chi connectivity index (χ4v) is 8.73. The van der Waals surface area contributed by atoms with Gasteiger partial charge in [-0.15, -0.1) is 0 Å². The van der Waals surface area contributed by atoms with Gasteiger partial charge in [-0.1, -0.05) is 45.0 Å². The zero-order valence-corrected chi connectivity index (χ0v) is 21.0. The zero-order chi connectivity index (χ0) is 23.8. The second kappa shape index (κ2) is 8.64. The average molecular weight is 454 g/mol. The summed E-state index contributed by atoms with van der Waals surface area (Å²) in [5.74, 6) is 0. The van der Waals surface area contributed by atoms with E-state index in [2.05, 4.69) is 32.4 Å². The van der Waals surface area contributed by atoms with Crippen LogP contribution in [0.3, 0.4) is 0 Å². The Labute approximate surface area is 190 Å². The molecular formula is C24H32N5O2P. The lowest BCUT2D eigenvalue weighted by molar-refractivity contribution is -0.384. The van der Waals surface area contributed by atoms with Gasteiger partial charge in [0, 0.05) is 17.3 Å². The Morgan fingerprint density at radius 1 is 1.06 bits per heavy atom. The van der Waals surface area contributed by atoms with Crippen molar-refractivity contribution in [1.29, 1.82) is 0 Å². The van der Waals surface area contributed by atoms with Crippen molar-refractivity contribution in [3.63, 3.8) is 0 Å². The van der Waals surface area contributed by atoms with Crippen LogP contribution in [0.15, 0.2) is 53.3 Å². The number of hydrogen-bond acceptors (Lipinski definition) is 4. The molecule has 1 aromatic heterocycles. The van der Waals surface area contributed by atoms with Gasteiger partial charge in [-0.2, -0.15) is 5.10 Å². The third-order valence-corrected chi connectivity index (χ3v) is 10.5. The van der Waals surface area contributed by atoms with Crippen molar-refractivity contribution in [2.75, 3.05) is 14.1 Å². The molecule has 0 saturated heterocycles. The molecule has 0 aliphatic heterocycles. The van der Waals surface area contributed by atoms with Crippen molar-refractivity contribution in [2.45, 2.75) is 46.7 Å². The highest BCUT2D eigenvalue weighted by Gasteiger charge is 2.42. The molecule has 0 saturated carbocycles. The van der Waals surface area contributed by atoms with Crippen LogP contribution in [-0.4, -0.2) is 38.6 Å². The predicted octanol–water partition coefficient (Wildman–Crippen LogP) is 6.14. The van der Waals surface area contributed by atoms with E-state index in [1.807, 2.05) is 63.0 Å². The van der Waals surface area contributed by atoms with Gasteiger partial charge < -0.3 is 0 Å². The maximum Gasteiger partial charge on any atom is 0.271 e. The number of non-ortho nitro benzene ring substituents is 1. The Hall–Kier alpha value is -2.76. The van der Waals surface area contributed by atoms with Gasteiger partial charge in [0.15, 0.2) is 0 Å². The number of aryl methyl sites for hydroxylation is 2. The smallest absolute Gasteiger partial charge is 0.271 e. The van der Waals surface area contributed by atoms with E-state index in [0.717, 1.165) is 27.9 Å². The van der Waals surface area contributed by atoms with Crippen molar-refractivity contribution in [3.8, 4) is 5.69 Å². The van der Waals surface area contributed by atoms with E-state index in [9.17, 15) is 10.1 Å². The number of benzene rings is 2. The Kier molecular flexibility index (Phi) is 6.45. The third-order valence-electron chi connectivity index (χ3n) is 5.74. The largest absolute Gasteiger partial charge is 0.271 e. The number of rotatable bonds is 5. The number of nitro groups is 1. The molecule has 0 bridgehead atoms. The Morgan fingerprint density at radius 3 is 2.22 bits per heavy atom. The summed E-state index contributed by atoms with van der Waals surface area (Å²) in [6.45, 7) is 12.6. The maximum absolute atomic E-state index is 11.4. The monoisotopic (exact) mass is 453 g/mol. The first-order valence-electron chi connectivity index (χ1n) is 10.6. The molecule has 8 heteroatoms. The van der Waals surface area contributed by atoms with Crippen molar-refractivity contribution >= 4 is 23.9 Å². The molecule has 0 amide bonds. The highest BCUT2D eigenvalue weighted by atomic mass is 31.2. The first kappa shape index (κ1) is 23.9. The second-order valence-corrected chi connectivity index (χ2v) is 13.2. The van der Waals surface area contributed by atoms with Gasteiger partial charge in [-0.25, -0.2) is 9.43 Å². The summed E-state index contributed by atoms with van der Waals surface area (Å²) in [6.07, 6.45) is 0. The minimum absolute atomic E-state index is 0.0496. The van der Waals surface area contributed by atoms with Gasteiger partial charge in [0.05, 0.1) is 40.2 Å². The lowest BCUT2D eigenvalue weighted by atomic mass is 10.2. The maximum atomic E-state index is 11.4. The normalized spacial score (nSPS) is 13.8. The van der Waals surface area contributed by atoms with Crippen molar-refractivity contribution in [2.24, 2.45) is 4.74 Å². The van der Waals surface area contributed by atoms with Crippen molar-refractivity contribution < 1.29 is 4.92 Å². The van der Waals surface area contributed by atoms with Crippen LogP contribution in [-0.2, 0) is 0 Å². The van der Waals surface area contributed by atoms with Crippen LogP contribution in [0.5, 0.6) is 0 Å². The molecule has 0 radical (unpaired) electrons. The topological polar surface area (TPSA) is 76.6 Å². The number of para-hydroxylation sites is 1. The quantitative estimate of drug-likeness (QED) is 0.264. The summed E-state index contributed by atoms with van der Waals surface area (Å²) >= 11 is 0. The van der Waals surface area contributed by atoms with E-state index in [0.29, 0.717) is 5.69 Å². The Bertz CT molecular complexity index is 1210. The molecule has 0 spiro atoms. The molecule has 1 atom stereocenters. The van der Waals surface area contributed by atoms with Crippen molar-refractivity contribution in [1.82, 2.24) is 14.5 Å². The van der Waals surface area contributed by atoms with E-state index in [1.54, 1.807) is 12.1 Å². The summed E-state index contributed by atoms with van der Waals surface area (Å²) in [5, 5.41) is 17.2. The molecule has 1 heterocycles. The summed E-state index contributed by atoms with van der Waals surface area (Å²) in [5.41, 5.74) is 4.58. The van der Waals surface area contributed by atoms with Crippen LogP contribution in [0, 0.1) is 30.9 Å². The molecule has 7 nitrogen and oxygen atoms in total. The molecule has 32 heavy (non-hydrogen) atoms. The summed E-state index contributed by atoms with van der Waals surface area (Å²) in [4.78, 5) is 11.1. The molecule has 3 aromatic rings. The molecule has 0 aliphatic rings. The van der Waals surface area contributed by atoms with Gasteiger partial charge in [0.2, 0.25) is 0 Å². The molecule has 0 aliphatic carbocycles. The van der Waals surface area contributed by atoms with Gasteiger partial charge in [-0.05, 0) is 52.6 Å². The number of aromatic nitrogens is 2. The number of nitrogens with zero attached hydrogens (tertiary/aromatic N) is 5. The molecule has 2 aromatic carbocycles. The van der Waals surface area contributed by atoms with Crippen LogP contribution < -0.4 is 5.30 Å². The van der Waals surface area contributed by atoms with Crippen LogP contribution in [0.1, 0.15) is 37.7 Å². The molecule has 3 rings (SSSR count). The van der Waals surface area contributed by atoms with E-state index in [4.69, 9.17) is 9.84 Å². The number of nitro benzene ring substituents is 1. The molecule has 0 unspecified atom stereocenters. The SMILES string of the molecule is Cc1ccc([N+](=O)[O-])cc1N=[P@](c1c(C)nn(-c2ccccc2)c1C)(N(C)C)C(C)(C)C. The summed E-state index contributed by atoms with van der Waals surface area (Å²) in [7, 11) is 1.67. The minimum atomic E-state index is -2.43. The Balaban J connectivity index is 2.43. The predicted molar refractivity (Wildman–Crippen MR) is 133 cm³/mol. The molecular weight excluding hydrogens is 421 g/mol. The summed E-state index contributed by atoms with van der Waals surface area (Å²) in [6, 6.07) is 15.0. The van der Waals surface area contributed by atoms with Gasteiger partial charge in [0.25, 0.3) is 5.69 Å². The molecule has 0 N–H and O–H groups in total. The van der Waals surface area contributed by atoms with Gasteiger partial charge in [-0.3, -0.25) is 14.8 Å². The summed E-state index contributed by atoms with van der Waals surface area (Å²) < 4.78 is 9.56. The van der Waals surface area contributed by atoms with Crippen LogP contribution >= 0.6 is 7.21 Å². The molecule has 0 fully saturated rings. The number of hydrogen-bond donors (Lipinski definition) is 0. The van der Waals surface area contributed by atoms with Crippen LogP contribution in [0.25, 0.3) is 5.69 Å². The lowest BCUT2D eigenvalue weighted by Crippen LogP contribution is -2.34. The minimum Gasteiger partial charge on any atom is -0.271 e. The van der Waals surface area contributed by atoms with Crippen LogP contribution in [0.2, 0.25) is 0 Å². The zero-order valence-electron chi connectivity index (χ0n) is 20.1. The average Bonchev–Trinajstić information content (AvgIpc) is 3.01. The van der Waals surface area contributed by atoms with E-state index in [-0.39, 0.29) is 15.8 Å². The standard InChI is InChI=1S/C24H32N5O2P/c1-17-14-15-21(29(30)31)16-22(17)26-32(27(7)8,24(4,5)6)23-18(2)25-28(19(23)3)20-12-10-9-11-13-20/h9-16H,1-8H3/t32-/m1/s1. The highest BCUT2D eigenvalue weighted by Crippen LogP contribution is 2.64. The van der Waals surface area contributed by atoms with E-state index in [1.165, 1.54) is 6.07 Å². The first-order chi connectivity index (χ1) is 14.9. The van der Waals surface area contributed by atoms with Crippen LogP contribution in [0.4, 0.5) is 11.4 Å². The molecule has 170 valence electrons. The fraction of sp³-hybridized carbons (Fsp3) is 0.375. The van der Waals surface area contributed by atoms with Gasteiger partial charge in [0.1, 0.15) is 0 Å². The Morgan fingerprint density at radius 2 is 1.69 bits per heavy atom. The fourth-order valence-electron chi connectivity index (χ4n) is 4.31. The first-order valence-corrected chi connectivity index (χ1v) is 12.3. The second-order valence-electron chi connectivity index (χ2n) is 9.21. The third kappa shape index (κ3) is 4.03. The highest BCUT2D eigenvalue weighted by molar-refractivity contribution is 7.73.